The molecule has 1 spiro atoms. The molecule has 0 radical (unpaired) electrons. The van der Waals surface area contributed by atoms with Crippen molar-refractivity contribution in [3.63, 3.8) is 0 Å². The highest BCUT2D eigenvalue weighted by Gasteiger charge is 2.44. The second-order valence-corrected chi connectivity index (χ2v) is 9.80. The van der Waals surface area contributed by atoms with E-state index in [2.05, 4.69) is 4.90 Å². The Balaban J connectivity index is 1.35. The fourth-order valence-electron chi connectivity index (χ4n) is 4.56. The summed E-state index contributed by atoms with van der Waals surface area (Å²) in [4.78, 5) is 2.92. The maximum atomic E-state index is 12.8. The molecular weight excluding hydrogens is 336 g/mol. The van der Waals surface area contributed by atoms with Gasteiger partial charge in [0.1, 0.15) is 0 Å². The Morgan fingerprint density at radius 1 is 1.04 bits per heavy atom. The molecule has 138 valence electrons. The average molecular weight is 365 g/mol. The Morgan fingerprint density at radius 3 is 2.40 bits per heavy atom. The molecule has 1 aromatic carbocycles. The van der Waals surface area contributed by atoms with E-state index >= 15 is 0 Å². The second-order valence-electron chi connectivity index (χ2n) is 7.86. The lowest BCUT2D eigenvalue weighted by atomic mass is 9.77. The van der Waals surface area contributed by atoms with Crippen LogP contribution in [-0.4, -0.2) is 63.1 Å². The fraction of sp³-hybridized carbons (Fsp3) is 0.684. The van der Waals surface area contributed by atoms with Crippen LogP contribution in [-0.2, 0) is 14.8 Å². The number of sulfonamides is 1. The van der Waals surface area contributed by atoms with Crippen molar-refractivity contribution in [2.45, 2.75) is 43.1 Å². The summed E-state index contributed by atoms with van der Waals surface area (Å²) in [5, 5.41) is 0. The van der Waals surface area contributed by atoms with Crippen molar-refractivity contribution in [1.82, 2.24) is 9.21 Å². The van der Waals surface area contributed by atoms with Gasteiger partial charge < -0.3 is 9.64 Å². The van der Waals surface area contributed by atoms with Crippen molar-refractivity contribution in [2.24, 2.45) is 5.41 Å². The first kappa shape index (κ1) is 17.5. The average Bonchev–Trinajstić information content (AvgIpc) is 3.27. The van der Waals surface area contributed by atoms with E-state index in [-0.39, 0.29) is 5.41 Å². The molecule has 0 bridgehead atoms. The Labute approximate surface area is 151 Å². The van der Waals surface area contributed by atoms with Gasteiger partial charge >= 0.3 is 0 Å². The Kier molecular flexibility index (Phi) is 4.88. The molecule has 3 heterocycles. The topological polar surface area (TPSA) is 49.9 Å². The van der Waals surface area contributed by atoms with E-state index in [0.717, 1.165) is 32.4 Å². The molecule has 3 fully saturated rings. The van der Waals surface area contributed by atoms with E-state index in [9.17, 15) is 8.42 Å². The molecule has 1 atom stereocenters. The first-order chi connectivity index (χ1) is 12.1. The first-order valence-electron chi connectivity index (χ1n) is 9.47. The molecule has 0 unspecified atom stereocenters. The molecule has 6 heteroatoms. The van der Waals surface area contributed by atoms with Gasteiger partial charge in [-0.3, -0.25) is 0 Å². The van der Waals surface area contributed by atoms with Gasteiger partial charge in [0.25, 0.3) is 0 Å². The van der Waals surface area contributed by atoms with Crippen LogP contribution in [0.5, 0.6) is 0 Å². The highest BCUT2D eigenvalue weighted by molar-refractivity contribution is 7.89. The molecule has 0 amide bonds. The van der Waals surface area contributed by atoms with Crippen molar-refractivity contribution in [3.05, 3.63) is 30.3 Å². The van der Waals surface area contributed by atoms with Gasteiger partial charge in [-0.1, -0.05) is 18.2 Å². The van der Waals surface area contributed by atoms with Crippen LogP contribution in [0.25, 0.3) is 0 Å². The molecule has 3 aliphatic rings. The molecule has 3 saturated heterocycles. The van der Waals surface area contributed by atoms with Gasteiger partial charge in [-0.2, -0.15) is 4.31 Å². The summed E-state index contributed by atoms with van der Waals surface area (Å²) >= 11 is 0. The Hall–Kier alpha value is -0.950. The summed E-state index contributed by atoms with van der Waals surface area (Å²) in [7, 11) is -3.36. The summed E-state index contributed by atoms with van der Waals surface area (Å²) < 4.78 is 33.3. The monoisotopic (exact) mass is 364 g/mol. The number of nitrogens with zero attached hydrogens (tertiary/aromatic N) is 2. The predicted octanol–water partition coefficient (Wildman–Crippen LogP) is 2.34. The normalized spacial score (nSPS) is 27.9. The van der Waals surface area contributed by atoms with Crippen molar-refractivity contribution >= 4 is 10.0 Å². The van der Waals surface area contributed by atoms with E-state index in [4.69, 9.17) is 4.74 Å². The number of benzene rings is 1. The lowest BCUT2D eigenvalue weighted by molar-refractivity contribution is 0.0627. The number of rotatable bonds is 4. The molecule has 1 aromatic rings. The number of likely N-dealkylation sites (tertiary alicyclic amines) is 1. The minimum Gasteiger partial charge on any atom is -0.376 e. The zero-order valence-electron chi connectivity index (χ0n) is 14.8. The first-order valence-corrected chi connectivity index (χ1v) is 10.9. The zero-order chi connectivity index (χ0) is 17.3. The summed E-state index contributed by atoms with van der Waals surface area (Å²) in [5.74, 6) is 0. The van der Waals surface area contributed by atoms with Gasteiger partial charge in [0, 0.05) is 19.6 Å². The van der Waals surface area contributed by atoms with Gasteiger partial charge in [-0.25, -0.2) is 8.42 Å². The van der Waals surface area contributed by atoms with E-state index in [0.29, 0.717) is 24.1 Å². The maximum absolute atomic E-state index is 12.8. The summed E-state index contributed by atoms with van der Waals surface area (Å²) in [6, 6.07) is 8.79. The van der Waals surface area contributed by atoms with Gasteiger partial charge in [-0.05, 0) is 62.7 Å². The van der Waals surface area contributed by atoms with Gasteiger partial charge in [0.15, 0.2) is 0 Å². The Bertz CT molecular complexity index is 678. The molecule has 0 N–H and O–H groups in total. The Morgan fingerprint density at radius 2 is 1.72 bits per heavy atom. The lowest BCUT2D eigenvalue weighted by Gasteiger charge is -2.37. The minimum absolute atomic E-state index is 0.188. The largest absolute Gasteiger partial charge is 0.376 e. The van der Waals surface area contributed by atoms with E-state index < -0.39 is 10.0 Å². The standard InChI is InChI=1S/C19H28N2O3S/c22-25(23,18-6-2-1-3-7-18)21-12-8-19(9-13-21)14-17(24-16-19)15-20-10-4-5-11-20/h1-3,6-7,17H,4-5,8-16H2/t17-/m1/s1. The molecular formula is C19H28N2O3S. The zero-order valence-corrected chi connectivity index (χ0v) is 15.6. The van der Waals surface area contributed by atoms with Crippen LogP contribution in [0.15, 0.2) is 35.2 Å². The lowest BCUT2D eigenvalue weighted by Crippen LogP contribution is -2.43. The van der Waals surface area contributed by atoms with Crippen LogP contribution in [0.3, 0.4) is 0 Å². The molecule has 0 saturated carbocycles. The van der Waals surface area contributed by atoms with E-state index in [1.807, 2.05) is 6.07 Å². The molecule has 25 heavy (non-hydrogen) atoms. The second kappa shape index (κ2) is 6.99. The quantitative estimate of drug-likeness (QED) is 0.823. The molecule has 4 rings (SSSR count). The number of hydrogen-bond donors (Lipinski definition) is 0. The van der Waals surface area contributed by atoms with Gasteiger partial charge in [0.2, 0.25) is 10.0 Å². The third kappa shape index (κ3) is 3.63. The molecule has 0 aliphatic carbocycles. The van der Waals surface area contributed by atoms with Crippen LogP contribution in [0, 0.1) is 5.41 Å². The summed E-state index contributed by atoms with van der Waals surface area (Å²) in [6.45, 7) is 5.47. The predicted molar refractivity (Wildman–Crippen MR) is 96.9 cm³/mol. The van der Waals surface area contributed by atoms with Gasteiger partial charge in [-0.15, -0.1) is 0 Å². The fourth-order valence-corrected chi connectivity index (χ4v) is 6.02. The molecule has 5 nitrogen and oxygen atoms in total. The van der Waals surface area contributed by atoms with E-state index in [1.54, 1.807) is 28.6 Å². The van der Waals surface area contributed by atoms with E-state index in [1.165, 1.54) is 25.9 Å². The highest BCUT2D eigenvalue weighted by Crippen LogP contribution is 2.43. The number of hydrogen-bond acceptors (Lipinski definition) is 4. The third-order valence-corrected chi connectivity index (χ3v) is 8.02. The highest BCUT2D eigenvalue weighted by atomic mass is 32.2. The van der Waals surface area contributed by atoms with Crippen LogP contribution < -0.4 is 0 Å². The minimum atomic E-state index is -3.36. The van der Waals surface area contributed by atoms with Crippen molar-refractivity contribution in [3.8, 4) is 0 Å². The molecule has 0 aromatic heterocycles. The smallest absolute Gasteiger partial charge is 0.243 e. The van der Waals surface area contributed by atoms with Crippen LogP contribution in [0.1, 0.15) is 32.1 Å². The summed E-state index contributed by atoms with van der Waals surface area (Å²) in [5.41, 5.74) is 0.188. The van der Waals surface area contributed by atoms with Crippen molar-refractivity contribution in [1.29, 1.82) is 0 Å². The van der Waals surface area contributed by atoms with Crippen LogP contribution >= 0.6 is 0 Å². The maximum Gasteiger partial charge on any atom is 0.243 e. The van der Waals surface area contributed by atoms with Gasteiger partial charge in [0.05, 0.1) is 17.6 Å². The summed E-state index contributed by atoms with van der Waals surface area (Å²) in [6.07, 6.45) is 5.86. The third-order valence-electron chi connectivity index (χ3n) is 6.11. The van der Waals surface area contributed by atoms with Crippen LogP contribution in [0.2, 0.25) is 0 Å². The van der Waals surface area contributed by atoms with Crippen molar-refractivity contribution < 1.29 is 13.2 Å². The SMILES string of the molecule is O=S(=O)(c1ccccc1)N1CCC2(CC1)CO[C@@H](CN1CCCC1)C2. The number of piperidine rings is 1. The number of ether oxygens (including phenoxy) is 1. The molecule has 3 aliphatic heterocycles. The van der Waals surface area contributed by atoms with Crippen LogP contribution in [0.4, 0.5) is 0 Å². The van der Waals surface area contributed by atoms with Crippen molar-refractivity contribution in [2.75, 3.05) is 39.3 Å².